The molecule has 2 unspecified atom stereocenters. The molecule has 0 bridgehead atoms. The molecular weight excluding hydrogens is 715 g/mol. The highest BCUT2D eigenvalue weighted by atomic mass is 19.4. The number of allylic oxidation sites excluding steroid dienone is 3. The van der Waals surface area contributed by atoms with Gasteiger partial charge in [0.05, 0.1) is 11.3 Å². The summed E-state index contributed by atoms with van der Waals surface area (Å²) in [7, 11) is 1.68. The molecule has 55 heavy (non-hydrogen) atoms. The minimum absolute atomic E-state index is 0.0810. The van der Waals surface area contributed by atoms with Crippen molar-refractivity contribution in [2.24, 2.45) is 17.6 Å². The van der Waals surface area contributed by atoms with Gasteiger partial charge in [0.1, 0.15) is 17.7 Å². The summed E-state index contributed by atoms with van der Waals surface area (Å²) in [4.78, 5) is 24.8. The minimum Gasteiger partial charge on any atom is -0.475 e. The van der Waals surface area contributed by atoms with Gasteiger partial charge in [0.25, 0.3) is 0 Å². The summed E-state index contributed by atoms with van der Waals surface area (Å²) in [5.41, 5.74) is 8.08. The van der Waals surface area contributed by atoms with Crippen LogP contribution in [-0.2, 0) is 9.59 Å². The van der Waals surface area contributed by atoms with Crippen LogP contribution in [0.5, 0.6) is 0 Å². The fourth-order valence-corrected chi connectivity index (χ4v) is 4.98. The molecule has 0 saturated heterocycles. The van der Waals surface area contributed by atoms with Gasteiger partial charge in [-0.05, 0) is 87.8 Å². The van der Waals surface area contributed by atoms with E-state index in [-0.39, 0.29) is 11.3 Å². The first-order chi connectivity index (χ1) is 25.8. The number of benzene rings is 2. The van der Waals surface area contributed by atoms with Gasteiger partial charge in [-0.25, -0.2) is 13.6 Å². The monoisotopic (exact) mass is 780 g/mol. The predicted molar refractivity (Wildman–Crippen MR) is 217 cm³/mol. The number of alkyl halides is 3. The molecule has 0 amide bonds. The molecule has 310 valence electrons. The van der Waals surface area contributed by atoms with Crippen molar-refractivity contribution in [1.82, 2.24) is 0 Å². The van der Waals surface area contributed by atoms with Crippen LogP contribution in [0.25, 0.3) is 5.70 Å². The van der Waals surface area contributed by atoms with Gasteiger partial charge in [-0.15, -0.1) is 0 Å². The highest BCUT2D eigenvalue weighted by molar-refractivity contribution is 5.99. The molecule has 12 heteroatoms. The molecule has 0 aliphatic heterocycles. The first kappa shape index (κ1) is 52.9. The normalized spacial score (nSPS) is 12.5. The van der Waals surface area contributed by atoms with E-state index in [4.69, 9.17) is 20.9 Å². The molecule has 2 aromatic rings. The van der Waals surface area contributed by atoms with Crippen LogP contribution in [0.4, 0.5) is 33.3 Å². The number of halogens is 5. The Balaban J connectivity index is 0. The number of carboxylic acids is 1. The van der Waals surface area contributed by atoms with Crippen LogP contribution in [0.2, 0.25) is 0 Å². The van der Waals surface area contributed by atoms with Crippen molar-refractivity contribution in [3.8, 4) is 6.07 Å². The van der Waals surface area contributed by atoms with Crippen LogP contribution in [0, 0.1) is 34.8 Å². The van der Waals surface area contributed by atoms with Crippen LogP contribution >= 0.6 is 0 Å². The third-order valence-electron chi connectivity index (χ3n) is 8.62. The fraction of sp³-hybridized carbons (Fsp3) is 0.558. The van der Waals surface area contributed by atoms with Gasteiger partial charge in [0.15, 0.2) is 5.78 Å². The average molecular weight is 781 g/mol. The van der Waals surface area contributed by atoms with Crippen LogP contribution in [-0.4, -0.2) is 49.2 Å². The van der Waals surface area contributed by atoms with Crippen molar-refractivity contribution in [3.05, 3.63) is 76.9 Å². The summed E-state index contributed by atoms with van der Waals surface area (Å²) < 4.78 is 61.7. The quantitative estimate of drug-likeness (QED) is 0.0934. The zero-order valence-corrected chi connectivity index (χ0v) is 34.8. The second-order valence-corrected chi connectivity index (χ2v) is 13.4. The second kappa shape index (κ2) is 28.2. The van der Waals surface area contributed by atoms with Crippen molar-refractivity contribution < 1.29 is 36.6 Å². The van der Waals surface area contributed by atoms with Gasteiger partial charge in [-0.1, -0.05) is 86.8 Å². The number of hydrogen-bond donors (Lipinski definition) is 2. The molecule has 0 saturated carbocycles. The Hall–Kier alpha value is -4.24. The lowest BCUT2D eigenvalue weighted by molar-refractivity contribution is -0.192. The molecule has 0 aliphatic carbocycles. The first-order valence-corrected chi connectivity index (χ1v) is 19.2. The Kier molecular flexibility index (Phi) is 27.1. The number of ketones is 1. The molecule has 2 atom stereocenters. The summed E-state index contributed by atoms with van der Waals surface area (Å²) >= 11 is 0. The maximum atomic E-state index is 15.5. The van der Waals surface area contributed by atoms with Crippen molar-refractivity contribution >= 4 is 28.8 Å². The Bertz CT molecular complexity index is 1530. The van der Waals surface area contributed by atoms with Crippen molar-refractivity contribution in [3.63, 3.8) is 0 Å². The Morgan fingerprint density at radius 3 is 1.96 bits per heavy atom. The first-order valence-electron chi connectivity index (χ1n) is 19.2. The van der Waals surface area contributed by atoms with Gasteiger partial charge in [-0.2, -0.15) is 18.4 Å². The van der Waals surface area contributed by atoms with Crippen molar-refractivity contribution in [2.45, 2.75) is 126 Å². The number of carboxylic acid groups (broad SMARTS) is 1. The SMILES string of the molecule is C/C=C(\C=C(\c1ccc(C#N)c(F)c1)N(C)c1ccc(N(CCC)CCC(C)CC)cc1F)C(C)=O.CC.CCC(N)CCCC(C)C.O=C(O)C(F)(F)F. The molecule has 2 rings (SSSR count). The maximum Gasteiger partial charge on any atom is 0.490 e. The van der Waals surface area contributed by atoms with Gasteiger partial charge >= 0.3 is 12.1 Å². The number of carbonyl (C=O) groups excluding carboxylic acids is 1. The van der Waals surface area contributed by atoms with Crippen molar-refractivity contribution in [1.29, 1.82) is 5.26 Å². The standard InChI is InChI=1S/C30H37F2N3O.C9H21N.C2HF3O2.C2H6/c1-7-15-35(16-14-21(4)8-2)26-12-13-29(28(32)19-26)34(6)30(18-23(9-3)22(5)36)24-10-11-25(20-33)27(31)17-24;1-4-9(10)7-5-6-8(2)3;3-2(4,5)1(6)7;1-2/h9-13,17-19,21H,7-8,14-16H2,1-6H3;8-9H,4-7,10H2,1-3H3;(H,6,7);1-2H3/b23-9+,30-18-;;;. The third-order valence-corrected chi connectivity index (χ3v) is 8.62. The van der Waals surface area contributed by atoms with E-state index < -0.39 is 23.8 Å². The summed E-state index contributed by atoms with van der Waals surface area (Å²) in [6, 6.07) is 11.6. The molecule has 7 nitrogen and oxygen atoms in total. The van der Waals surface area contributed by atoms with Crippen LogP contribution < -0.4 is 15.5 Å². The maximum absolute atomic E-state index is 15.5. The van der Waals surface area contributed by atoms with Crippen molar-refractivity contribution in [2.75, 3.05) is 29.9 Å². The lowest BCUT2D eigenvalue weighted by Crippen LogP contribution is -2.27. The Labute approximate surface area is 327 Å². The molecule has 2 aromatic carbocycles. The smallest absolute Gasteiger partial charge is 0.475 e. The molecular formula is C43H65F5N4O3. The number of carbonyl (C=O) groups is 2. The lowest BCUT2D eigenvalue weighted by atomic mass is 10.0. The number of nitrogens with two attached hydrogens (primary N) is 1. The van der Waals surface area contributed by atoms with E-state index in [9.17, 15) is 22.4 Å². The topological polar surface area (TPSA) is 111 Å². The highest BCUT2D eigenvalue weighted by Crippen LogP contribution is 2.32. The lowest BCUT2D eigenvalue weighted by Gasteiger charge is -2.28. The molecule has 0 fully saturated rings. The number of nitrogens with zero attached hydrogens (tertiary/aromatic N) is 3. The number of nitriles is 1. The van der Waals surface area contributed by atoms with E-state index in [1.54, 1.807) is 43.2 Å². The molecule has 0 aliphatic rings. The predicted octanol–water partition coefficient (Wildman–Crippen LogP) is 11.7. The largest absolute Gasteiger partial charge is 0.490 e. The number of aliphatic carboxylic acids is 1. The minimum atomic E-state index is -5.08. The molecule has 0 heterocycles. The zero-order chi connectivity index (χ0) is 42.9. The molecule has 0 aromatic heterocycles. The summed E-state index contributed by atoms with van der Waals surface area (Å²) in [5, 5.41) is 16.2. The summed E-state index contributed by atoms with van der Waals surface area (Å²) in [6.07, 6.45) is 6.25. The Morgan fingerprint density at radius 1 is 0.945 bits per heavy atom. The van der Waals surface area contributed by atoms with Crippen LogP contribution in [0.15, 0.2) is 54.1 Å². The van der Waals surface area contributed by atoms with E-state index in [1.807, 2.05) is 26.0 Å². The van der Waals surface area contributed by atoms with E-state index in [2.05, 4.69) is 46.4 Å². The van der Waals surface area contributed by atoms with Gasteiger partial charge < -0.3 is 20.6 Å². The van der Waals surface area contributed by atoms with E-state index in [0.29, 0.717) is 34.5 Å². The van der Waals surface area contributed by atoms with Gasteiger partial charge in [0, 0.05) is 48.7 Å². The van der Waals surface area contributed by atoms with Gasteiger partial charge in [0.2, 0.25) is 0 Å². The molecule has 0 spiro atoms. The fourth-order valence-electron chi connectivity index (χ4n) is 4.98. The Morgan fingerprint density at radius 2 is 1.55 bits per heavy atom. The summed E-state index contributed by atoms with van der Waals surface area (Å²) in [5.74, 6) is -2.57. The number of hydrogen-bond acceptors (Lipinski definition) is 6. The number of anilines is 2. The highest BCUT2D eigenvalue weighted by Gasteiger charge is 2.38. The number of Topliss-reactive ketones (excluding diaryl/α,β-unsaturated/α-hetero) is 1. The number of rotatable bonds is 17. The zero-order valence-electron chi connectivity index (χ0n) is 34.8. The van der Waals surface area contributed by atoms with E-state index >= 15 is 4.39 Å². The van der Waals surface area contributed by atoms with E-state index in [1.165, 1.54) is 44.4 Å². The van der Waals surface area contributed by atoms with E-state index in [0.717, 1.165) is 50.4 Å². The van der Waals surface area contributed by atoms with Crippen LogP contribution in [0.3, 0.4) is 0 Å². The summed E-state index contributed by atoms with van der Waals surface area (Å²) in [6.45, 7) is 22.1. The average Bonchev–Trinajstić information content (AvgIpc) is 3.13. The molecule has 3 N–H and O–H groups in total. The second-order valence-electron chi connectivity index (χ2n) is 13.4. The van der Waals surface area contributed by atoms with Crippen LogP contribution in [0.1, 0.15) is 125 Å². The third kappa shape index (κ3) is 20.9. The van der Waals surface area contributed by atoms with Gasteiger partial charge in [-0.3, -0.25) is 4.79 Å². The molecule has 0 radical (unpaired) electrons.